The minimum Gasteiger partial charge on any atom is -0.450 e. The van der Waals surface area contributed by atoms with Crippen molar-refractivity contribution in [2.45, 2.75) is 20.5 Å². The van der Waals surface area contributed by atoms with Gasteiger partial charge in [-0.15, -0.1) is 0 Å². The SMILES string of the molecule is Cc1nn(C)c(C)c1Oc1c(F)cccc1CO. The van der Waals surface area contributed by atoms with Crippen molar-refractivity contribution >= 4 is 0 Å². The van der Waals surface area contributed by atoms with Crippen molar-refractivity contribution in [3.63, 3.8) is 0 Å². The maximum atomic E-state index is 13.7. The fourth-order valence-electron chi connectivity index (χ4n) is 1.80. The van der Waals surface area contributed by atoms with Gasteiger partial charge in [-0.1, -0.05) is 12.1 Å². The summed E-state index contributed by atoms with van der Waals surface area (Å²) in [7, 11) is 1.80. The predicted molar refractivity (Wildman–Crippen MR) is 65.1 cm³/mol. The lowest BCUT2D eigenvalue weighted by atomic mass is 10.2. The summed E-state index contributed by atoms with van der Waals surface area (Å²) in [5.41, 5.74) is 1.90. The number of aliphatic hydroxyl groups is 1. The first kappa shape index (κ1) is 12.6. The third-order valence-electron chi connectivity index (χ3n) is 2.87. The number of aromatic nitrogens is 2. The summed E-state index contributed by atoms with van der Waals surface area (Å²) < 4.78 is 21.0. The quantitative estimate of drug-likeness (QED) is 0.910. The molecule has 0 atom stereocenters. The molecule has 0 aliphatic rings. The molecule has 0 aliphatic heterocycles. The Kier molecular flexibility index (Phi) is 3.34. The number of hydrogen-bond donors (Lipinski definition) is 1. The van der Waals surface area contributed by atoms with Crippen molar-refractivity contribution in [3.05, 3.63) is 41.0 Å². The van der Waals surface area contributed by atoms with Crippen LogP contribution in [-0.2, 0) is 13.7 Å². The molecule has 0 radical (unpaired) electrons. The van der Waals surface area contributed by atoms with Crippen LogP contribution in [0.2, 0.25) is 0 Å². The molecule has 0 bridgehead atoms. The minimum atomic E-state index is -0.496. The largest absolute Gasteiger partial charge is 0.450 e. The Morgan fingerprint density at radius 1 is 1.33 bits per heavy atom. The highest BCUT2D eigenvalue weighted by molar-refractivity contribution is 5.41. The molecule has 96 valence electrons. The summed E-state index contributed by atoms with van der Waals surface area (Å²) in [4.78, 5) is 0. The van der Waals surface area contributed by atoms with Crippen LogP contribution in [0.3, 0.4) is 0 Å². The molecular weight excluding hydrogens is 235 g/mol. The molecule has 1 heterocycles. The molecule has 0 saturated heterocycles. The monoisotopic (exact) mass is 250 g/mol. The van der Waals surface area contributed by atoms with Crippen LogP contribution in [0, 0.1) is 19.7 Å². The van der Waals surface area contributed by atoms with E-state index in [1.165, 1.54) is 12.1 Å². The molecule has 1 N–H and O–H groups in total. The van der Waals surface area contributed by atoms with Gasteiger partial charge in [0.25, 0.3) is 0 Å². The van der Waals surface area contributed by atoms with Crippen LogP contribution in [0.15, 0.2) is 18.2 Å². The Morgan fingerprint density at radius 2 is 2.06 bits per heavy atom. The fraction of sp³-hybridized carbons (Fsp3) is 0.308. The maximum Gasteiger partial charge on any atom is 0.171 e. The van der Waals surface area contributed by atoms with Gasteiger partial charge in [0.1, 0.15) is 5.69 Å². The van der Waals surface area contributed by atoms with Crippen molar-refractivity contribution in [2.75, 3.05) is 0 Å². The zero-order valence-corrected chi connectivity index (χ0v) is 10.6. The molecule has 5 heteroatoms. The topological polar surface area (TPSA) is 47.3 Å². The van der Waals surface area contributed by atoms with E-state index in [9.17, 15) is 9.50 Å². The van der Waals surface area contributed by atoms with E-state index in [2.05, 4.69) is 5.10 Å². The van der Waals surface area contributed by atoms with Crippen molar-refractivity contribution < 1.29 is 14.2 Å². The number of aliphatic hydroxyl groups excluding tert-OH is 1. The van der Waals surface area contributed by atoms with Crippen LogP contribution in [-0.4, -0.2) is 14.9 Å². The summed E-state index contributed by atoms with van der Waals surface area (Å²) >= 11 is 0. The molecule has 4 nitrogen and oxygen atoms in total. The van der Waals surface area contributed by atoms with Crippen LogP contribution < -0.4 is 4.74 Å². The van der Waals surface area contributed by atoms with Crippen LogP contribution in [0.1, 0.15) is 17.0 Å². The molecule has 18 heavy (non-hydrogen) atoms. The highest BCUT2D eigenvalue weighted by Gasteiger charge is 2.16. The molecule has 0 saturated carbocycles. The Balaban J connectivity index is 2.46. The zero-order valence-electron chi connectivity index (χ0n) is 10.6. The lowest BCUT2D eigenvalue weighted by Crippen LogP contribution is -1.97. The van der Waals surface area contributed by atoms with Gasteiger partial charge < -0.3 is 9.84 Å². The molecule has 2 aromatic rings. The van der Waals surface area contributed by atoms with Gasteiger partial charge in [-0.25, -0.2) is 4.39 Å². The highest BCUT2D eigenvalue weighted by atomic mass is 19.1. The van der Waals surface area contributed by atoms with E-state index in [1.54, 1.807) is 24.7 Å². The van der Waals surface area contributed by atoms with E-state index in [0.29, 0.717) is 17.0 Å². The molecule has 1 aromatic carbocycles. The minimum absolute atomic E-state index is 0.0548. The standard InChI is InChI=1S/C13H15FN2O2/c1-8-12(9(2)16(3)15-8)18-13-10(7-17)5-4-6-11(13)14/h4-6,17H,7H2,1-3H3. The molecular formula is C13H15FN2O2. The van der Waals surface area contributed by atoms with Gasteiger partial charge in [-0.3, -0.25) is 4.68 Å². The second kappa shape index (κ2) is 4.78. The number of benzene rings is 1. The number of aryl methyl sites for hydroxylation is 2. The van der Waals surface area contributed by atoms with Crippen molar-refractivity contribution in [2.24, 2.45) is 7.05 Å². The van der Waals surface area contributed by atoms with Gasteiger partial charge in [-0.05, 0) is 19.9 Å². The van der Waals surface area contributed by atoms with E-state index in [-0.39, 0.29) is 12.4 Å². The van der Waals surface area contributed by atoms with Crippen molar-refractivity contribution in [1.29, 1.82) is 0 Å². The van der Waals surface area contributed by atoms with Gasteiger partial charge in [0.05, 0.1) is 12.3 Å². The van der Waals surface area contributed by atoms with Crippen LogP contribution >= 0.6 is 0 Å². The maximum absolute atomic E-state index is 13.7. The molecule has 2 rings (SSSR count). The number of ether oxygens (including phenoxy) is 1. The van der Waals surface area contributed by atoms with E-state index in [0.717, 1.165) is 5.69 Å². The smallest absolute Gasteiger partial charge is 0.171 e. The first-order valence-electron chi connectivity index (χ1n) is 5.61. The van der Waals surface area contributed by atoms with Crippen LogP contribution in [0.25, 0.3) is 0 Å². The predicted octanol–water partition coefficient (Wildman–Crippen LogP) is 2.46. The van der Waals surface area contributed by atoms with Crippen LogP contribution in [0.5, 0.6) is 11.5 Å². The summed E-state index contributed by atoms with van der Waals surface area (Å²) in [6.45, 7) is 3.36. The first-order chi connectivity index (χ1) is 8.54. The Morgan fingerprint density at radius 3 is 2.61 bits per heavy atom. The Labute approximate surface area is 105 Å². The summed E-state index contributed by atoms with van der Waals surface area (Å²) in [6.07, 6.45) is 0. The van der Waals surface area contributed by atoms with Gasteiger partial charge in [0, 0.05) is 12.6 Å². The summed E-state index contributed by atoms with van der Waals surface area (Å²) in [5.74, 6) is 0.0840. The van der Waals surface area contributed by atoms with Gasteiger partial charge in [0.2, 0.25) is 0 Å². The van der Waals surface area contributed by atoms with Crippen molar-refractivity contribution in [3.8, 4) is 11.5 Å². The Hall–Kier alpha value is -1.88. The second-order valence-corrected chi connectivity index (χ2v) is 4.11. The summed E-state index contributed by atoms with van der Waals surface area (Å²) in [6, 6.07) is 4.46. The molecule has 0 fully saturated rings. The fourth-order valence-corrected chi connectivity index (χ4v) is 1.80. The van der Waals surface area contributed by atoms with Gasteiger partial charge in [-0.2, -0.15) is 5.10 Å². The lowest BCUT2D eigenvalue weighted by molar-refractivity contribution is 0.274. The van der Waals surface area contributed by atoms with Crippen molar-refractivity contribution in [1.82, 2.24) is 9.78 Å². The molecule has 0 unspecified atom stereocenters. The molecule has 1 aromatic heterocycles. The first-order valence-corrected chi connectivity index (χ1v) is 5.61. The number of para-hydroxylation sites is 1. The number of halogens is 1. The average molecular weight is 250 g/mol. The normalized spacial score (nSPS) is 10.7. The van der Waals surface area contributed by atoms with E-state index in [1.807, 2.05) is 6.92 Å². The lowest BCUT2D eigenvalue weighted by Gasteiger charge is -2.10. The summed E-state index contributed by atoms with van der Waals surface area (Å²) in [5, 5.41) is 13.4. The molecule has 0 spiro atoms. The average Bonchev–Trinajstić information content (AvgIpc) is 2.58. The number of nitrogens with zero attached hydrogens (tertiary/aromatic N) is 2. The number of hydrogen-bond acceptors (Lipinski definition) is 3. The third kappa shape index (κ3) is 2.09. The second-order valence-electron chi connectivity index (χ2n) is 4.11. The molecule has 0 aliphatic carbocycles. The zero-order chi connectivity index (χ0) is 13.3. The van der Waals surface area contributed by atoms with Gasteiger partial charge in [0.15, 0.2) is 17.3 Å². The van der Waals surface area contributed by atoms with Crippen LogP contribution in [0.4, 0.5) is 4.39 Å². The number of rotatable bonds is 3. The Bertz CT molecular complexity index is 579. The van der Waals surface area contributed by atoms with E-state index < -0.39 is 5.82 Å². The molecule has 0 amide bonds. The third-order valence-corrected chi connectivity index (χ3v) is 2.87. The highest BCUT2D eigenvalue weighted by Crippen LogP contribution is 2.32. The van der Waals surface area contributed by atoms with Gasteiger partial charge >= 0.3 is 0 Å². The van der Waals surface area contributed by atoms with E-state index in [4.69, 9.17) is 4.74 Å². The van der Waals surface area contributed by atoms with E-state index >= 15 is 0 Å².